The normalized spacial score (nSPS) is 20.4. The number of ether oxygens (including phenoxy) is 1. The molecule has 8 nitrogen and oxygen atoms in total. The number of carbonyl (C=O) groups is 2. The van der Waals surface area contributed by atoms with E-state index in [1.807, 2.05) is 4.90 Å². The zero-order valence-electron chi connectivity index (χ0n) is 12.3. The van der Waals surface area contributed by atoms with Gasteiger partial charge in [0.1, 0.15) is 0 Å². The van der Waals surface area contributed by atoms with Crippen LogP contribution in [0.1, 0.15) is 6.42 Å². The van der Waals surface area contributed by atoms with E-state index < -0.39 is 10.8 Å². The number of nitro benzene ring substituents is 1. The molecule has 0 N–H and O–H groups in total. The van der Waals surface area contributed by atoms with Crippen molar-refractivity contribution in [1.29, 1.82) is 0 Å². The average molecular weight is 317 g/mol. The van der Waals surface area contributed by atoms with Crippen LogP contribution in [0.25, 0.3) is 0 Å². The van der Waals surface area contributed by atoms with Crippen molar-refractivity contribution >= 4 is 23.2 Å². The Balaban J connectivity index is 1.85. The van der Waals surface area contributed by atoms with Crippen molar-refractivity contribution in [3.63, 3.8) is 0 Å². The summed E-state index contributed by atoms with van der Waals surface area (Å²) in [5, 5.41) is 10.8. The van der Waals surface area contributed by atoms with E-state index in [4.69, 9.17) is 4.74 Å². The second kappa shape index (κ2) is 6.17. The molecule has 0 spiro atoms. The van der Waals surface area contributed by atoms with Crippen LogP contribution in [0.4, 0.5) is 11.4 Å². The maximum absolute atomic E-state index is 12.5. The van der Waals surface area contributed by atoms with E-state index in [1.54, 1.807) is 6.20 Å². The fraction of sp³-hybridized carbons (Fsp3) is 0.333. The Hall–Kier alpha value is -2.74. The molecule has 0 atom stereocenters. The largest absolute Gasteiger partial charge is 0.378 e. The van der Waals surface area contributed by atoms with Crippen molar-refractivity contribution in [2.24, 2.45) is 0 Å². The van der Waals surface area contributed by atoms with Gasteiger partial charge in [-0.25, -0.2) is 4.90 Å². The lowest BCUT2D eigenvalue weighted by molar-refractivity contribution is -0.384. The van der Waals surface area contributed by atoms with Gasteiger partial charge < -0.3 is 9.64 Å². The van der Waals surface area contributed by atoms with E-state index in [2.05, 4.69) is 0 Å². The van der Waals surface area contributed by atoms with Gasteiger partial charge >= 0.3 is 0 Å². The number of benzene rings is 1. The fourth-order valence-electron chi connectivity index (χ4n) is 2.61. The Bertz CT molecular complexity index is 694. The minimum absolute atomic E-state index is 0.00111. The molecule has 2 aliphatic rings. The summed E-state index contributed by atoms with van der Waals surface area (Å²) in [4.78, 5) is 37.9. The fourth-order valence-corrected chi connectivity index (χ4v) is 2.61. The number of hydrogen-bond acceptors (Lipinski definition) is 6. The summed E-state index contributed by atoms with van der Waals surface area (Å²) in [7, 11) is 0. The van der Waals surface area contributed by atoms with E-state index in [1.165, 1.54) is 24.3 Å². The molecule has 0 saturated carbocycles. The Morgan fingerprint density at radius 2 is 1.96 bits per heavy atom. The number of nitro groups is 1. The van der Waals surface area contributed by atoms with Crippen molar-refractivity contribution in [2.45, 2.75) is 6.42 Å². The zero-order chi connectivity index (χ0) is 16.4. The molecule has 0 unspecified atom stereocenters. The van der Waals surface area contributed by atoms with Gasteiger partial charge in [0, 0.05) is 37.0 Å². The lowest BCUT2D eigenvalue weighted by Gasteiger charge is -2.25. The van der Waals surface area contributed by atoms with Gasteiger partial charge in [0.2, 0.25) is 5.91 Å². The first-order valence-corrected chi connectivity index (χ1v) is 7.20. The Morgan fingerprint density at radius 1 is 1.22 bits per heavy atom. The highest BCUT2D eigenvalue weighted by Gasteiger charge is 2.36. The lowest BCUT2D eigenvalue weighted by atomic mass is 10.2. The topological polar surface area (TPSA) is 93.0 Å². The van der Waals surface area contributed by atoms with Crippen LogP contribution in [0.2, 0.25) is 0 Å². The molecule has 2 aliphatic heterocycles. The number of hydrogen-bond donors (Lipinski definition) is 0. The van der Waals surface area contributed by atoms with Crippen LogP contribution in [-0.4, -0.2) is 47.9 Å². The molecule has 1 aromatic carbocycles. The summed E-state index contributed by atoms with van der Waals surface area (Å²) >= 11 is 0. The molecule has 3 rings (SSSR count). The van der Waals surface area contributed by atoms with Crippen LogP contribution in [0, 0.1) is 10.1 Å². The molecule has 0 bridgehead atoms. The third-order valence-corrected chi connectivity index (χ3v) is 3.75. The van der Waals surface area contributed by atoms with Crippen LogP contribution in [-0.2, 0) is 14.3 Å². The second-order valence-electron chi connectivity index (χ2n) is 5.29. The second-order valence-corrected chi connectivity index (χ2v) is 5.29. The third-order valence-electron chi connectivity index (χ3n) is 3.75. The monoisotopic (exact) mass is 317 g/mol. The number of morpholine rings is 1. The van der Waals surface area contributed by atoms with Crippen LogP contribution in [0.5, 0.6) is 0 Å². The highest BCUT2D eigenvalue weighted by molar-refractivity contribution is 6.28. The van der Waals surface area contributed by atoms with Crippen molar-refractivity contribution in [2.75, 3.05) is 31.2 Å². The summed E-state index contributed by atoms with van der Waals surface area (Å²) < 4.78 is 5.24. The molecule has 120 valence electrons. The summed E-state index contributed by atoms with van der Waals surface area (Å²) in [5.74, 6) is -0.808. The van der Waals surface area contributed by atoms with Crippen LogP contribution in [0.15, 0.2) is 36.0 Å². The first kappa shape index (κ1) is 15.2. The number of carbonyl (C=O) groups excluding carboxylic acids is 2. The Morgan fingerprint density at radius 3 is 2.65 bits per heavy atom. The van der Waals surface area contributed by atoms with Gasteiger partial charge in [-0.2, -0.15) is 0 Å². The quantitative estimate of drug-likeness (QED) is 0.358. The van der Waals surface area contributed by atoms with E-state index in [-0.39, 0.29) is 23.7 Å². The number of rotatable bonds is 3. The van der Waals surface area contributed by atoms with Gasteiger partial charge in [-0.15, -0.1) is 0 Å². The van der Waals surface area contributed by atoms with E-state index >= 15 is 0 Å². The van der Waals surface area contributed by atoms with Crippen molar-refractivity contribution < 1.29 is 19.2 Å². The minimum atomic E-state index is -0.557. The molecule has 2 amide bonds. The molecule has 0 aromatic heterocycles. The number of amides is 2. The molecule has 8 heteroatoms. The molecule has 2 saturated heterocycles. The number of nitrogens with zero attached hydrogens (tertiary/aromatic N) is 3. The van der Waals surface area contributed by atoms with E-state index in [9.17, 15) is 19.7 Å². The smallest absolute Gasteiger partial charge is 0.271 e. The minimum Gasteiger partial charge on any atom is -0.378 e. The highest BCUT2D eigenvalue weighted by Crippen LogP contribution is 2.28. The van der Waals surface area contributed by atoms with Gasteiger partial charge in [0.25, 0.3) is 11.6 Å². The molecule has 2 fully saturated rings. The number of non-ortho nitro benzene ring substituents is 1. The van der Waals surface area contributed by atoms with Crippen molar-refractivity contribution in [3.8, 4) is 0 Å². The van der Waals surface area contributed by atoms with Gasteiger partial charge in [0.05, 0.1) is 30.2 Å². The molecule has 1 aromatic rings. The van der Waals surface area contributed by atoms with E-state index in [0.29, 0.717) is 31.9 Å². The van der Waals surface area contributed by atoms with Crippen LogP contribution >= 0.6 is 0 Å². The average Bonchev–Trinajstić information content (AvgIpc) is 2.82. The molecule has 0 aliphatic carbocycles. The predicted molar refractivity (Wildman–Crippen MR) is 80.7 cm³/mol. The summed E-state index contributed by atoms with van der Waals surface area (Å²) in [6, 6.07) is 5.52. The summed E-state index contributed by atoms with van der Waals surface area (Å²) in [6.45, 7) is 2.50. The predicted octanol–water partition coefficient (Wildman–Crippen LogP) is 1.07. The Kier molecular flexibility index (Phi) is 4.07. The van der Waals surface area contributed by atoms with Crippen molar-refractivity contribution in [1.82, 2.24) is 4.90 Å². The first-order chi connectivity index (χ1) is 11.1. The zero-order valence-corrected chi connectivity index (χ0v) is 12.3. The van der Waals surface area contributed by atoms with Crippen LogP contribution in [0.3, 0.4) is 0 Å². The summed E-state index contributed by atoms with van der Waals surface area (Å²) in [6.07, 6.45) is 1.69. The van der Waals surface area contributed by atoms with Gasteiger partial charge in [-0.05, 0) is 6.07 Å². The van der Waals surface area contributed by atoms with Crippen LogP contribution < -0.4 is 4.90 Å². The third kappa shape index (κ3) is 3.07. The summed E-state index contributed by atoms with van der Waals surface area (Å²) in [5.41, 5.74) is 0.455. The standard InChI is InChI=1S/C15H15N3O5/c19-14-8-11(10-16-4-6-23-7-5-16)15(20)17(14)12-2-1-3-13(9-12)18(21)22/h1-3,9-10H,4-8H2/b11-10+. The van der Waals surface area contributed by atoms with Crippen molar-refractivity contribution in [3.05, 3.63) is 46.2 Å². The SMILES string of the molecule is O=C1C/C(=C\N2CCOCC2)C(=O)N1c1cccc([N+](=O)[O-])c1. The molecular weight excluding hydrogens is 302 g/mol. The highest BCUT2D eigenvalue weighted by atomic mass is 16.6. The van der Waals surface area contributed by atoms with Gasteiger partial charge in [-0.1, -0.05) is 6.07 Å². The maximum atomic E-state index is 12.5. The Labute approximate surface area is 132 Å². The molecule has 0 radical (unpaired) electrons. The number of anilines is 1. The van der Waals surface area contributed by atoms with Gasteiger partial charge in [0.15, 0.2) is 0 Å². The lowest BCUT2D eigenvalue weighted by Crippen LogP contribution is -2.33. The molecule has 23 heavy (non-hydrogen) atoms. The molecular formula is C15H15N3O5. The molecule has 2 heterocycles. The first-order valence-electron chi connectivity index (χ1n) is 7.20. The number of imide groups is 1. The van der Waals surface area contributed by atoms with Gasteiger partial charge in [-0.3, -0.25) is 19.7 Å². The van der Waals surface area contributed by atoms with E-state index in [0.717, 1.165) is 4.90 Å². The maximum Gasteiger partial charge on any atom is 0.271 e.